The Kier molecular flexibility index (Phi) is 12.5. The number of likely N-dealkylation sites (tertiary alicyclic amines) is 1. The monoisotopic (exact) mass is 672 g/mol. The lowest BCUT2D eigenvalue weighted by atomic mass is 9.77. The summed E-state index contributed by atoms with van der Waals surface area (Å²) in [4.78, 5) is 68.0. The van der Waals surface area contributed by atoms with Gasteiger partial charge in [0.15, 0.2) is 0 Å². The molecular weight excluding hydrogens is 631 g/mol. The van der Waals surface area contributed by atoms with Crippen LogP contribution in [0.3, 0.4) is 0 Å². The van der Waals surface area contributed by atoms with Gasteiger partial charge in [0.05, 0.1) is 0 Å². The van der Waals surface area contributed by atoms with E-state index in [1.54, 1.807) is 11.9 Å². The summed E-state index contributed by atoms with van der Waals surface area (Å²) < 4.78 is 0. The molecule has 2 fully saturated rings. The van der Waals surface area contributed by atoms with Crippen molar-refractivity contribution in [3.05, 3.63) is 69.7 Å². The molecule has 4 amide bonds. The first kappa shape index (κ1) is 35.2. The number of nitrogens with zero attached hydrogens (tertiary/aromatic N) is 2. The van der Waals surface area contributed by atoms with Crippen LogP contribution in [0.5, 0.6) is 0 Å². The molecule has 0 aromatic heterocycles. The molecule has 1 aliphatic heterocycles. The molecule has 1 spiro atoms. The van der Waals surface area contributed by atoms with E-state index in [4.69, 9.17) is 23.2 Å². The Morgan fingerprint density at radius 3 is 2.09 bits per heavy atom. The number of carboxylic acid groups (broad SMARTS) is 1. The average Bonchev–Trinajstić information content (AvgIpc) is 3.48. The van der Waals surface area contributed by atoms with Gasteiger partial charge < -0.3 is 25.5 Å². The third-order valence-electron chi connectivity index (χ3n) is 9.11. The summed E-state index contributed by atoms with van der Waals surface area (Å²) in [6, 6.07) is 11.6. The molecule has 1 saturated heterocycles. The summed E-state index contributed by atoms with van der Waals surface area (Å²) in [5.41, 5.74) is 1.36. The molecule has 2 aromatic rings. The quantitative estimate of drug-likeness (QED) is 0.272. The Labute approximate surface area is 279 Å². The van der Waals surface area contributed by atoms with Crippen molar-refractivity contribution < 1.29 is 29.1 Å². The largest absolute Gasteiger partial charge is 0.481 e. The predicted molar refractivity (Wildman–Crippen MR) is 175 cm³/mol. The smallest absolute Gasteiger partial charge is 0.303 e. The summed E-state index contributed by atoms with van der Waals surface area (Å²) in [5.74, 6) is -2.87. The van der Waals surface area contributed by atoms with Gasteiger partial charge in [-0.2, -0.15) is 0 Å². The summed E-state index contributed by atoms with van der Waals surface area (Å²) in [7, 11) is 1.59. The van der Waals surface area contributed by atoms with Gasteiger partial charge in [-0.3, -0.25) is 24.0 Å². The van der Waals surface area contributed by atoms with E-state index in [-0.39, 0.29) is 59.2 Å². The molecule has 1 aliphatic carbocycles. The van der Waals surface area contributed by atoms with Crippen molar-refractivity contribution in [2.45, 2.75) is 82.8 Å². The summed E-state index contributed by atoms with van der Waals surface area (Å²) in [6.45, 7) is 1.45. The maximum absolute atomic E-state index is 13.8. The van der Waals surface area contributed by atoms with Crippen LogP contribution in [0.1, 0.15) is 80.1 Å². The molecule has 2 aliphatic rings. The zero-order chi connectivity index (χ0) is 33.3. The fraction of sp³-hybridized carbons (Fsp3) is 0.500. The molecule has 3 N–H and O–H groups in total. The second-order valence-corrected chi connectivity index (χ2v) is 13.4. The lowest BCUT2D eigenvalue weighted by Gasteiger charge is -2.40. The molecule has 4 rings (SSSR count). The van der Waals surface area contributed by atoms with Crippen LogP contribution in [-0.2, 0) is 25.7 Å². The van der Waals surface area contributed by atoms with E-state index >= 15 is 0 Å². The predicted octanol–water partition coefficient (Wildman–Crippen LogP) is 5.06. The van der Waals surface area contributed by atoms with E-state index in [2.05, 4.69) is 10.6 Å². The minimum atomic E-state index is -1.09. The van der Waals surface area contributed by atoms with Gasteiger partial charge in [-0.25, -0.2) is 0 Å². The van der Waals surface area contributed by atoms with Gasteiger partial charge in [-0.15, -0.1) is 0 Å². The van der Waals surface area contributed by atoms with E-state index in [0.717, 1.165) is 18.4 Å². The third kappa shape index (κ3) is 9.93. The molecule has 248 valence electrons. The van der Waals surface area contributed by atoms with Crippen molar-refractivity contribution in [1.29, 1.82) is 0 Å². The van der Waals surface area contributed by atoms with Crippen molar-refractivity contribution in [3.63, 3.8) is 0 Å². The van der Waals surface area contributed by atoms with E-state index in [9.17, 15) is 29.1 Å². The Bertz CT molecular complexity index is 1390. The van der Waals surface area contributed by atoms with Crippen LogP contribution in [0.4, 0.5) is 0 Å². The van der Waals surface area contributed by atoms with E-state index in [0.29, 0.717) is 13.1 Å². The van der Waals surface area contributed by atoms with E-state index in [1.807, 2.05) is 30.3 Å². The minimum Gasteiger partial charge on any atom is -0.481 e. The molecule has 0 radical (unpaired) electrons. The van der Waals surface area contributed by atoms with Crippen LogP contribution in [0.25, 0.3) is 0 Å². The molecule has 2 aromatic carbocycles. The van der Waals surface area contributed by atoms with Gasteiger partial charge in [0.25, 0.3) is 5.91 Å². The number of halogens is 2. The van der Waals surface area contributed by atoms with Gasteiger partial charge in [0, 0.05) is 55.1 Å². The first-order chi connectivity index (χ1) is 21.9. The number of hydrogen-bond acceptors (Lipinski definition) is 5. The number of carbonyl (C=O) groups is 5. The number of rotatable bonds is 13. The summed E-state index contributed by atoms with van der Waals surface area (Å²) in [6.07, 6.45) is 5.98. The highest BCUT2D eigenvalue weighted by molar-refractivity contribution is 6.35. The molecule has 12 heteroatoms. The van der Waals surface area contributed by atoms with Gasteiger partial charge in [0.1, 0.15) is 12.1 Å². The number of amides is 4. The number of carboxylic acids is 1. The van der Waals surface area contributed by atoms with E-state index < -0.39 is 35.8 Å². The van der Waals surface area contributed by atoms with Crippen molar-refractivity contribution >= 4 is 52.8 Å². The molecule has 10 nitrogen and oxygen atoms in total. The Balaban J connectivity index is 1.43. The van der Waals surface area contributed by atoms with Gasteiger partial charge in [-0.1, -0.05) is 66.4 Å². The molecule has 46 heavy (non-hydrogen) atoms. The summed E-state index contributed by atoms with van der Waals surface area (Å²) in [5, 5.41) is 15.3. The number of benzene rings is 2. The van der Waals surface area contributed by atoms with Crippen molar-refractivity contribution in [1.82, 2.24) is 20.4 Å². The highest BCUT2D eigenvalue weighted by Crippen LogP contribution is 2.46. The lowest BCUT2D eigenvalue weighted by molar-refractivity contribution is -0.140. The second-order valence-electron chi connectivity index (χ2n) is 12.5. The number of carbonyl (C=O) groups excluding carboxylic acids is 4. The Hall–Kier alpha value is -3.63. The third-order valence-corrected chi connectivity index (χ3v) is 9.54. The molecule has 1 heterocycles. The molecule has 2 atom stereocenters. The standard InChI is InChI=1S/C34H42Cl2N4O6/c1-39(22-23-7-3-2-4-8-23)32(45)27(10-12-30(42)43)37-29(41)11-9-28(38-31(44)24-19-25(35)21-26(36)20-24)33(46)40-17-15-34(16-18-40)13-5-6-14-34/h2-4,7-8,19-21,27-28H,5-6,9-18,22H2,1H3,(H,37,41)(H,38,44)(H,42,43)/t27-,28+/m0/s1. The van der Waals surface area contributed by atoms with Crippen molar-refractivity contribution in [2.24, 2.45) is 5.41 Å². The van der Waals surface area contributed by atoms with Crippen LogP contribution < -0.4 is 10.6 Å². The average molecular weight is 674 g/mol. The Morgan fingerprint density at radius 1 is 0.870 bits per heavy atom. The molecule has 1 saturated carbocycles. The summed E-state index contributed by atoms with van der Waals surface area (Å²) >= 11 is 12.2. The van der Waals surface area contributed by atoms with Crippen LogP contribution in [-0.4, -0.2) is 76.7 Å². The fourth-order valence-electron chi connectivity index (χ4n) is 6.50. The zero-order valence-corrected chi connectivity index (χ0v) is 27.6. The lowest BCUT2D eigenvalue weighted by Crippen LogP contribution is -2.52. The normalized spacial score (nSPS) is 16.8. The van der Waals surface area contributed by atoms with Crippen LogP contribution in [0, 0.1) is 5.41 Å². The highest BCUT2D eigenvalue weighted by atomic mass is 35.5. The fourth-order valence-corrected chi connectivity index (χ4v) is 7.03. The zero-order valence-electron chi connectivity index (χ0n) is 26.1. The van der Waals surface area contributed by atoms with Gasteiger partial charge in [-0.05, 0) is 67.7 Å². The number of piperidine rings is 1. The number of likely N-dealkylation sites (N-methyl/N-ethyl adjacent to an activating group) is 1. The van der Waals surface area contributed by atoms with Crippen LogP contribution >= 0.6 is 23.2 Å². The van der Waals surface area contributed by atoms with Gasteiger partial charge in [0.2, 0.25) is 17.7 Å². The van der Waals surface area contributed by atoms with Crippen LogP contribution in [0.15, 0.2) is 48.5 Å². The molecule has 0 bridgehead atoms. The van der Waals surface area contributed by atoms with Crippen molar-refractivity contribution in [2.75, 3.05) is 20.1 Å². The maximum atomic E-state index is 13.8. The van der Waals surface area contributed by atoms with E-state index in [1.165, 1.54) is 48.8 Å². The number of nitrogens with one attached hydrogen (secondary N) is 2. The maximum Gasteiger partial charge on any atom is 0.303 e. The second kappa shape index (κ2) is 16.3. The molecule has 0 unspecified atom stereocenters. The first-order valence-electron chi connectivity index (χ1n) is 15.8. The topological polar surface area (TPSA) is 136 Å². The first-order valence-corrected chi connectivity index (χ1v) is 16.6. The number of aliphatic carboxylic acids is 1. The molecular formula is C34H42Cl2N4O6. The minimum absolute atomic E-state index is 0.0218. The van der Waals surface area contributed by atoms with Crippen molar-refractivity contribution in [3.8, 4) is 0 Å². The Morgan fingerprint density at radius 2 is 1.48 bits per heavy atom. The van der Waals surface area contributed by atoms with Gasteiger partial charge >= 0.3 is 5.97 Å². The highest BCUT2D eigenvalue weighted by Gasteiger charge is 2.39. The van der Waals surface area contributed by atoms with Crippen LogP contribution in [0.2, 0.25) is 10.0 Å². The SMILES string of the molecule is CN(Cc1ccccc1)C(=O)[C@H](CCC(=O)O)NC(=O)CC[C@@H](NC(=O)c1cc(Cl)cc(Cl)c1)C(=O)N1CCC2(CCCC2)CC1. The number of hydrogen-bond donors (Lipinski definition) is 3.